The standard InChI is InChI=1S/C19H27N5O/c1-22(2)9-10-24(16-7-5-4-6-8-16)19(25)18-13-20-12-17(18)15-11-21-23(3)14-15/h4-8,11,14,17-18,20H,9-10,12-13H2,1-3H3/t17-,18+/m1/s1. The third-order valence-electron chi connectivity index (χ3n) is 4.79. The van der Waals surface area contributed by atoms with E-state index in [2.05, 4.69) is 15.3 Å². The van der Waals surface area contributed by atoms with Crippen LogP contribution in [-0.4, -0.2) is 60.9 Å². The Hall–Kier alpha value is -2.18. The lowest BCUT2D eigenvalue weighted by atomic mass is 9.89. The summed E-state index contributed by atoms with van der Waals surface area (Å²) in [5.41, 5.74) is 2.10. The number of aromatic nitrogens is 2. The number of anilines is 1. The molecule has 25 heavy (non-hydrogen) atoms. The molecule has 1 N–H and O–H groups in total. The van der Waals surface area contributed by atoms with Gasteiger partial charge in [-0.25, -0.2) is 0 Å². The van der Waals surface area contributed by atoms with Crippen LogP contribution in [0.4, 0.5) is 5.69 Å². The minimum absolute atomic E-state index is 0.0634. The van der Waals surface area contributed by atoms with E-state index in [0.717, 1.165) is 24.3 Å². The Labute approximate surface area is 149 Å². The molecule has 0 radical (unpaired) electrons. The van der Waals surface area contributed by atoms with Crippen LogP contribution in [0, 0.1) is 5.92 Å². The van der Waals surface area contributed by atoms with Crippen LogP contribution in [0.15, 0.2) is 42.7 Å². The maximum absolute atomic E-state index is 13.4. The van der Waals surface area contributed by atoms with E-state index < -0.39 is 0 Å². The molecule has 1 aromatic carbocycles. The van der Waals surface area contributed by atoms with Gasteiger partial charge in [-0.2, -0.15) is 5.10 Å². The molecule has 2 heterocycles. The Morgan fingerprint density at radius 2 is 2.00 bits per heavy atom. The summed E-state index contributed by atoms with van der Waals surface area (Å²) in [5.74, 6) is 0.297. The quantitative estimate of drug-likeness (QED) is 0.861. The smallest absolute Gasteiger partial charge is 0.232 e. The first-order chi connectivity index (χ1) is 12.1. The minimum atomic E-state index is -0.0634. The number of benzene rings is 1. The van der Waals surface area contributed by atoms with E-state index >= 15 is 0 Å². The van der Waals surface area contributed by atoms with Gasteiger partial charge in [0.1, 0.15) is 0 Å². The molecular weight excluding hydrogens is 314 g/mol. The summed E-state index contributed by atoms with van der Waals surface area (Å²) in [6.07, 6.45) is 3.90. The zero-order chi connectivity index (χ0) is 17.8. The number of amides is 1. The van der Waals surface area contributed by atoms with Crippen molar-refractivity contribution in [1.29, 1.82) is 0 Å². The molecule has 6 nitrogen and oxygen atoms in total. The highest BCUT2D eigenvalue weighted by atomic mass is 16.2. The molecule has 1 fully saturated rings. The third-order valence-corrected chi connectivity index (χ3v) is 4.79. The van der Waals surface area contributed by atoms with Gasteiger partial charge in [0.2, 0.25) is 5.91 Å². The first-order valence-corrected chi connectivity index (χ1v) is 8.76. The fourth-order valence-corrected chi connectivity index (χ4v) is 3.39. The second-order valence-electron chi connectivity index (χ2n) is 6.95. The van der Waals surface area contributed by atoms with Crippen LogP contribution in [0.5, 0.6) is 0 Å². The van der Waals surface area contributed by atoms with Crippen LogP contribution in [0.2, 0.25) is 0 Å². The number of hydrogen-bond acceptors (Lipinski definition) is 4. The van der Waals surface area contributed by atoms with Gasteiger partial charge in [-0.1, -0.05) is 18.2 Å². The number of carbonyl (C=O) groups excluding carboxylic acids is 1. The van der Waals surface area contributed by atoms with E-state index in [1.54, 1.807) is 4.68 Å². The fraction of sp³-hybridized carbons (Fsp3) is 0.474. The van der Waals surface area contributed by atoms with Crippen molar-refractivity contribution in [2.24, 2.45) is 13.0 Å². The van der Waals surface area contributed by atoms with Gasteiger partial charge in [0.25, 0.3) is 0 Å². The predicted molar refractivity (Wildman–Crippen MR) is 99.7 cm³/mol. The van der Waals surface area contributed by atoms with Gasteiger partial charge >= 0.3 is 0 Å². The molecule has 0 bridgehead atoms. The van der Waals surface area contributed by atoms with Gasteiger partial charge in [0.15, 0.2) is 0 Å². The van der Waals surface area contributed by atoms with Crippen molar-refractivity contribution in [3.8, 4) is 0 Å². The first kappa shape index (κ1) is 17.6. The number of likely N-dealkylation sites (N-methyl/N-ethyl adjacent to an activating group) is 1. The first-order valence-electron chi connectivity index (χ1n) is 8.76. The average Bonchev–Trinajstić information content (AvgIpc) is 3.24. The van der Waals surface area contributed by atoms with Gasteiger partial charge in [0, 0.05) is 51.0 Å². The van der Waals surface area contributed by atoms with Gasteiger partial charge < -0.3 is 15.1 Å². The molecule has 1 amide bonds. The molecule has 134 valence electrons. The van der Waals surface area contributed by atoms with Gasteiger partial charge in [-0.05, 0) is 31.8 Å². The summed E-state index contributed by atoms with van der Waals surface area (Å²) >= 11 is 0. The van der Waals surface area contributed by atoms with Crippen molar-refractivity contribution in [2.45, 2.75) is 5.92 Å². The van der Waals surface area contributed by atoms with Crippen LogP contribution in [0.1, 0.15) is 11.5 Å². The Bertz CT molecular complexity index is 697. The minimum Gasteiger partial charge on any atom is -0.315 e. The summed E-state index contributed by atoms with van der Waals surface area (Å²) < 4.78 is 1.80. The number of nitrogens with zero attached hydrogens (tertiary/aromatic N) is 4. The average molecular weight is 341 g/mol. The molecule has 3 rings (SSSR count). The van der Waals surface area contributed by atoms with Crippen molar-refractivity contribution in [3.05, 3.63) is 48.3 Å². The summed E-state index contributed by atoms with van der Waals surface area (Å²) in [7, 11) is 5.97. The molecule has 0 aliphatic carbocycles. The largest absolute Gasteiger partial charge is 0.315 e. The lowest BCUT2D eigenvalue weighted by Crippen LogP contribution is -2.42. The van der Waals surface area contributed by atoms with Crippen molar-refractivity contribution < 1.29 is 4.79 Å². The lowest BCUT2D eigenvalue weighted by Gasteiger charge is -2.29. The molecule has 1 aromatic heterocycles. The van der Waals surface area contributed by atoms with Gasteiger partial charge in [0.05, 0.1) is 12.1 Å². The normalized spacial score (nSPS) is 20.2. The number of hydrogen-bond donors (Lipinski definition) is 1. The highest BCUT2D eigenvalue weighted by molar-refractivity contribution is 5.96. The molecule has 1 saturated heterocycles. The van der Waals surface area contributed by atoms with Crippen molar-refractivity contribution in [2.75, 3.05) is 45.2 Å². The Balaban J connectivity index is 1.83. The van der Waals surface area contributed by atoms with Gasteiger partial charge in [-0.3, -0.25) is 9.48 Å². The molecule has 1 aliphatic heterocycles. The molecule has 2 aromatic rings. The molecule has 0 unspecified atom stereocenters. The van der Waals surface area contributed by atoms with Crippen molar-refractivity contribution in [3.63, 3.8) is 0 Å². The SMILES string of the molecule is CN(C)CCN(C(=O)[C@H]1CNC[C@@H]1c1cnn(C)c1)c1ccccc1. The van der Waals surface area contributed by atoms with E-state index in [0.29, 0.717) is 13.1 Å². The maximum atomic E-state index is 13.4. The predicted octanol–water partition coefficient (Wildman–Crippen LogP) is 1.32. The highest BCUT2D eigenvalue weighted by Crippen LogP contribution is 2.30. The zero-order valence-corrected chi connectivity index (χ0v) is 15.2. The number of rotatable bonds is 6. The fourth-order valence-electron chi connectivity index (χ4n) is 3.39. The van der Waals surface area contributed by atoms with E-state index in [1.807, 2.05) is 68.8 Å². The molecule has 2 atom stereocenters. The number of nitrogens with one attached hydrogen (secondary N) is 1. The van der Waals surface area contributed by atoms with Crippen LogP contribution < -0.4 is 10.2 Å². The summed E-state index contributed by atoms with van der Waals surface area (Å²) in [6, 6.07) is 9.96. The molecular formula is C19H27N5O. The lowest BCUT2D eigenvalue weighted by molar-refractivity contribution is -0.122. The third kappa shape index (κ3) is 4.08. The zero-order valence-electron chi connectivity index (χ0n) is 15.2. The van der Waals surface area contributed by atoms with E-state index in [4.69, 9.17) is 0 Å². The van der Waals surface area contributed by atoms with E-state index in [1.165, 1.54) is 0 Å². The van der Waals surface area contributed by atoms with Crippen molar-refractivity contribution in [1.82, 2.24) is 20.0 Å². The number of aryl methyl sites for hydroxylation is 1. The summed E-state index contributed by atoms with van der Waals surface area (Å²) in [5, 5.41) is 7.66. The topological polar surface area (TPSA) is 53.4 Å². The van der Waals surface area contributed by atoms with Crippen LogP contribution in [-0.2, 0) is 11.8 Å². The summed E-state index contributed by atoms with van der Waals surface area (Å²) in [4.78, 5) is 17.4. The van der Waals surface area contributed by atoms with Crippen LogP contribution in [0.3, 0.4) is 0 Å². The molecule has 6 heteroatoms. The number of para-hydroxylation sites is 1. The monoisotopic (exact) mass is 341 g/mol. The number of carbonyl (C=O) groups is 1. The Morgan fingerprint density at radius 1 is 1.24 bits per heavy atom. The van der Waals surface area contributed by atoms with E-state index in [-0.39, 0.29) is 17.7 Å². The van der Waals surface area contributed by atoms with E-state index in [9.17, 15) is 4.79 Å². The van der Waals surface area contributed by atoms with Crippen molar-refractivity contribution >= 4 is 11.6 Å². The second kappa shape index (κ2) is 7.80. The highest BCUT2D eigenvalue weighted by Gasteiger charge is 2.37. The molecule has 0 spiro atoms. The maximum Gasteiger partial charge on any atom is 0.232 e. The Kier molecular flexibility index (Phi) is 5.50. The van der Waals surface area contributed by atoms with Crippen LogP contribution in [0.25, 0.3) is 0 Å². The molecule has 0 saturated carbocycles. The summed E-state index contributed by atoms with van der Waals surface area (Å²) in [6.45, 7) is 3.05. The Morgan fingerprint density at radius 3 is 2.64 bits per heavy atom. The van der Waals surface area contributed by atoms with Crippen LogP contribution >= 0.6 is 0 Å². The van der Waals surface area contributed by atoms with Gasteiger partial charge in [-0.15, -0.1) is 0 Å². The second-order valence-corrected chi connectivity index (χ2v) is 6.95. The molecule has 1 aliphatic rings.